The van der Waals surface area contributed by atoms with Crippen LogP contribution in [0.25, 0.3) is 0 Å². The second-order valence-corrected chi connectivity index (χ2v) is 7.28. The number of para-hydroxylation sites is 1. The average Bonchev–Trinajstić information content (AvgIpc) is 2.86. The van der Waals surface area contributed by atoms with E-state index in [1.807, 2.05) is 6.92 Å². The number of nitro benzene ring substituents is 1. The number of nitro groups is 1. The minimum Gasteiger partial charge on any atom is -0.325 e. The van der Waals surface area contributed by atoms with Gasteiger partial charge in [0.05, 0.1) is 15.7 Å². The first-order valence-electron chi connectivity index (χ1n) is 8.41. The first-order chi connectivity index (χ1) is 11.5. The van der Waals surface area contributed by atoms with Gasteiger partial charge in [0, 0.05) is 12.6 Å². The number of thioether (sulfide) groups is 1. The van der Waals surface area contributed by atoms with Crippen molar-refractivity contribution in [3.63, 3.8) is 0 Å². The van der Waals surface area contributed by atoms with Crippen molar-refractivity contribution < 1.29 is 9.72 Å². The van der Waals surface area contributed by atoms with Crippen LogP contribution in [0.5, 0.6) is 0 Å². The topological polar surface area (TPSA) is 66.7 Å². The number of hydrogen-bond donors (Lipinski definition) is 0. The Morgan fingerprint density at radius 3 is 2.58 bits per heavy atom. The van der Waals surface area contributed by atoms with Crippen LogP contribution in [0.2, 0.25) is 0 Å². The lowest BCUT2D eigenvalue weighted by molar-refractivity contribution is -0.385. The van der Waals surface area contributed by atoms with Crippen LogP contribution in [0.3, 0.4) is 0 Å². The van der Waals surface area contributed by atoms with Gasteiger partial charge in [-0.15, -0.1) is 11.8 Å². The molecule has 1 aromatic rings. The molecule has 2 atom stereocenters. The van der Waals surface area contributed by atoms with Crippen LogP contribution < -0.4 is 0 Å². The van der Waals surface area contributed by atoms with Crippen molar-refractivity contribution in [1.82, 2.24) is 9.80 Å². The molecule has 7 heteroatoms. The van der Waals surface area contributed by atoms with E-state index in [2.05, 4.69) is 18.7 Å². The molecular weight excluding hydrogens is 326 g/mol. The molecule has 0 saturated carbocycles. The molecule has 0 aromatic heterocycles. The van der Waals surface area contributed by atoms with Gasteiger partial charge in [-0.3, -0.25) is 14.9 Å². The third-order valence-electron chi connectivity index (χ3n) is 4.41. The molecule has 1 aromatic carbocycles. The fourth-order valence-corrected chi connectivity index (χ4v) is 4.35. The normalized spacial score (nSPS) is 20.8. The van der Waals surface area contributed by atoms with Crippen molar-refractivity contribution in [3.05, 3.63) is 39.9 Å². The summed E-state index contributed by atoms with van der Waals surface area (Å²) in [6, 6.07) is 6.73. The van der Waals surface area contributed by atoms with Gasteiger partial charge in [0.2, 0.25) is 5.91 Å². The summed E-state index contributed by atoms with van der Waals surface area (Å²) in [5.41, 5.74) is 0.707. The highest BCUT2D eigenvalue weighted by Gasteiger charge is 2.40. The summed E-state index contributed by atoms with van der Waals surface area (Å²) in [4.78, 5) is 27.6. The molecule has 24 heavy (non-hydrogen) atoms. The van der Waals surface area contributed by atoms with Crippen LogP contribution in [-0.2, 0) is 4.79 Å². The number of benzene rings is 1. The van der Waals surface area contributed by atoms with Crippen molar-refractivity contribution in [1.29, 1.82) is 0 Å². The minimum absolute atomic E-state index is 0.0719. The van der Waals surface area contributed by atoms with E-state index < -0.39 is 0 Å². The molecule has 0 bridgehead atoms. The predicted octanol–water partition coefficient (Wildman–Crippen LogP) is 3.29. The van der Waals surface area contributed by atoms with Gasteiger partial charge >= 0.3 is 0 Å². The lowest BCUT2D eigenvalue weighted by Gasteiger charge is -2.25. The van der Waals surface area contributed by atoms with Crippen LogP contribution in [0.15, 0.2) is 24.3 Å². The SMILES string of the molecule is CCN(CC)CCCN1C(=O)[C@@H](C)S[C@H]1c1ccccc1[N+](=O)[O-]. The number of carbonyl (C=O) groups is 1. The maximum absolute atomic E-state index is 12.5. The van der Waals surface area contributed by atoms with E-state index in [0.717, 1.165) is 26.1 Å². The third kappa shape index (κ3) is 4.08. The van der Waals surface area contributed by atoms with Crippen LogP contribution in [0.1, 0.15) is 38.1 Å². The summed E-state index contributed by atoms with van der Waals surface area (Å²) >= 11 is 1.50. The fourth-order valence-electron chi connectivity index (χ4n) is 3.01. The van der Waals surface area contributed by atoms with Crippen LogP contribution in [-0.4, -0.2) is 52.1 Å². The maximum Gasteiger partial charge on any atom is 0.275 e. The molecule has 6 nitrogen and oxygen atoms in total. The van der Waals surface area contributed by atoms with Crippen LogP contribution in [0.4, 0.5) is 5.69 Å². The smallest absolute Gasteiger partial charge is 0.275 e. The third-order valence-corrected chi connectivity index (χ3v) is 5.79. The van der Waals surface area contributed by atoms with Crippen molar-refractivity contribution in [2.75, 3.05) is 26.2 Å². The Labute approximate surface area is 147 Å². The highest BCUT2D eigenvalue weighted by Crippen LogP contribution is 2.45. The lowest BCUT2D eigenvalue weighted by atomic mass is 10.1. The van der Waals surface area contributed by atoms with Gasteiger partial charge in [0.25, 0.3) is 5.69 Å². The van der Waals surface area contributed by atoms with E-state index >= 15 is 0 Å². The molecule has 0 unspecified atom stereocenters. The number of hydrogen-bond acceptors (Lipinski definition) is 5. The molecule has 1 amide bonds. The second kappa shape index (κ2) is 8.48. The summed E-state index contributed by atoms with van der Waals surface area (Å²) in [6.07, 6.45) is 0.873. The van der Waals surface area contributed by atoms with E-state index in [9.17, 15) is 14.9 Å². The molecule has 1 aliphatic heterocycles. The van der Waals surface area contributed by atoms with Gasteiger partial charge in [-0.2, -0.15) is 0 Å². The number of carbonyl (C=O) groups excluding carboxylic acids is 1. The Kier molecular flexibility index (Phi) is 6.62. The zero-order valence-corrected chi connectivity index (χ0v) is 15.3. The Morgan fingerprint density at radius 2 is 1.96 bits per heavy atom. The van der Waals surface area contributed by atoms with Crippen molar-refractivity contribution >= 4 is 23.4 Å². The monoisotopic (exact) mass is 351 g/mol. The Morgan fingerprint density at radius 1 is 1.29 bits per heavy atom. The highest BCUT2D eigenvalue weighted by atomic mass is 32.2. The largest absolute Gasteiger partial charge is 0.325 e. The van der Waals surface area contributed by atoms with Gasteiger partial charge < -0.3 is 9.80 Å². The maximum atomic E-state index is 12.5. The lowest BCUT2D eigenvalue weighted by Crippen LogP contribution is -2.34. The van der Waals surface area contributed by atoms with Gasteiger partial charge in [0.15, 0.2) is 0 Å². The first kappa shape index (κ1) is 18.7. The molecule has 0 radical (unpaired) electrons. The first-order valence-corrected chi connectivity index (χ1v) is 9.35. The Hall–Kier alpha value is -1.60. The minimum atomic E-state index is -0.364. The number of nitrogens with zero attached hydrogens (tertiary/aromatic N) is 3. The second-order valence-electron chi connectivity index (χ2n) is 5.86. The molecule has 1 fully saturated rings. The van der Waals surface area contributed by atoms with Crippen molar-refractivity contribution in [2.45, 2.75) is 37.8 Å². The summed E-state index contributed by atoms with van der Waals surface area (Å²) in [7, 11) is 0. The molecular formula is C17H25N3O3S. The summed E-state index contributed by atoms with van der Waals surface area (Å²) in [5, 5.41) is 10.9. The molecule has 132 valence electrons. The van der Waals surface area contributed by atoms with Crippen molar-refractivity contribution in [3.8, 4) is 0 Å². The Bertz CT molecular complexity index is 592. The van der Waals surface area contributed by atoms with E-state index in [-0.39, 0.29) is 27.1 Å². The molecule has 0 aliphatic carbocycles. The predicted molar refractivity (Wildman–Crippen MR) is 97.0 cm³/mol. The molecule has 1 heterocycles. The molecule has 1 aliphatic rings. The molecule has 0 N–H and O–H groups in total. The molecule has 0 spiro atoms. The van der Waals surface area contributed by atoms with E-state index in [0.29, 0.717) is 12.1 Å². The average molecular weight is 351 g/mol. The van der Waals surface area contributed by atoms with E-state index in [1.165, 1.54) is 17.8 Å². The van der Waals surface area contributed by atoms with Gasteiger partial charge in [-0.25, -0.2) is 0 Å². The molecule has 1 saturated heterocycles. The summed E-state index contributed by atoms with van der Waals surface area (Å²) in [5.74, 6) is 0.0719. The zero-order valence-electron chi connectivity index (χ0n) is 14.5. The highest BCUT2D eigenvalue weighted by molar-refractivity contribution is 8.01. The van der Waals surface area contributed by atoms with Gasteiger partial charge in [0.1, 0.15) is 5.37 Å². The fraction of sp³-hybridized carbons (Fsp3) is 0.588. The van der Waals surface area contributed by atoms with E-state index in [1.54, 1.807) is 23.1 Å². The van der Waals surface area contributed by atoms with Gasteiger partial charge in [-0.1, -0.05) is 26.0 Å². The quantitative estimate of drug-likeness (QED) is 0.531. The van der Waals surface area contributed by atoms with Crippen LogP contribution >= 0.6 is 11.8 Å². The summed E-state index contributed by atoms with van der Waals surface area (Å²) in [6.45, 7) is 9.66. The number of amides is 1. The van der Waals surface area contributed by atoms with E-state index in [4.69, 9.17) is 0 Å². The standard InChI is InChI=1S/C17H25N3O3S/c1-4-18(5-2)11-8-12-19-16(21)13(3)24-17(19)14-9-6-7-10-15(14)20(22)23/h6-7,9-10,13,17H,4-5,8,11-12H2,1-3H3/t13-,17+/m1/s1. The van der Waals surface area contributed by atoms with Gasteiger partial charge in [-0.05, 0) is 39.0 Å². The molecule has 2 rings (SSSR count). The number of rotatable bonds is 8. The zero-order chi connectivity index (χ0) is 17.7. The summed E-state index contributed by atoms with van der Waals surface area (Å²) < 4.78 is 0. The van der Waals surface area contributed by atoms with Crippen molar-refractivity contribution in [2.24, 2.45) is 0 Å². The van der Waals surface area contributed by atoms with Crippen LogP contribution in [0, 0.1) is 10.1 Å². The Balaban J connectivity index is 2.16.